The van der Waals surface area contributed by atoms with Crippen molar-refractivity contribution < 1.29 is 14.3 Å². The number of thiophene rings is 1. The predicted octanol–water partition coefficient (Wildman–Crippen LogP) is 5.62. The van der Waals surface area contributed by atoms with Crippen LogP contribution in [0.5, 0.6) is 0 Å². The number of carbonyl (C=O) groups is 2. The van der Waals surface area contributed by atoms with Crippen LogP contribution < -0.4 is 10.2 Å². The third-order valence-electron chi connectivity index (χ3n) is 6.45. The molecule has 0 unspecified atom stereocenters. The Balaban J connectivity index is 1.31. The molecule has 1 aliphatic heterocycles. The maximum Gasteiger partial charge on any atom is 0.341 e. The van der Waals surface area contributed by atoms with Gasteiger partial charge in [0, 0.05) is 29.2 Å². The number of nitrogens with one attached hydrogen (secondary N) is 1. The molecule has 3 aromatic rings. The summed E-state index contributed by atoms with van der Waals surface area (Å²) < 4.78 is 5.30. The summed E-state index contributed by atoms with van der Waals surface area (Å²) in [5, 5.41) is 3.61. The van der Waals surface area contributed by atoms with Crippen molar-refractivity contribution in [2.75, 3.05) is 23.4 Å². The summed E-state index contributed by atoms with van der Waals surface area (Å²) in [5.74, 6) is -0.536. The largest absolute Gasteiger partial charge is 0.462 e. The van der Waals surface area contributed by atoms with Gasteiger partial charge in [0.15, 0.2) is 0 Å². The molecular weight excluding hydrogens is 432 g/mol. The molecule has 0 saturated heterocycles. The second kappa shape index (κ2) is 9.40. The quantitative estimate of drug-likeness (QED) is 0.485. The number of anilines is 2. The van der Waals surface area contributed by atoms with Gasteiger partial charge >= 0.3 is 5.97 Å². The molecule has 2 heterocycles. The van der Waals surface area contributed by atoms with Crippen molar-refractivity contribution in [2.24, 2.45) is 0 Å². The van der Waals surface area contributed by atoms with Gasteiger partial charge < -0.3 is 15.0 Å². The molecule has 0 atom stereocenters. The van der Waals surface area contributed by atoms with Crippen LogP contribution in [0.2, 0.25) is 0 Å². The lowest BCUT2D eigenvalue weighted by Gasteiger charge is -2.19. The Labute approximate surface area is 198 Å². The first kappa shape index (κ1) is 21.7. The van der Waals surface area contributed by atoms with Gasteiger partial charge in [-0.15, -0.1) is 11.3 Å². The number of amides is 1. The standard InChI is InChI=1S/C27H28N2O3S/c1-2-32-27(31)24-21-8-4-6-10-23(21)33-26(24)28-25(30)20-13-11-18(12-14-20)17-29-16-15-19-7-3-5-9-22(19)29/h3,5,7,9,11-14H,2,4,6,8,10,15-17H2,1H3,(H,28,30). The summed E-state index contributed by atoms with van der Waals surface area (Å²) in [4.78, 5) is 29.2. The van der Waals surface area contributed by atoms with E-state index in [0.29, 0.717) is 22.7 Å². The summed E-state index contributed by atoms with van der Waals surface area (Å²) in [6, 6.07) is 16.3. The zero-order valence-electron chi connectivity index (χ0n) is 18.9. The van der Waals surface area contributed by atoms with Gasteiger partial charge in [-0.05, 0) is 73.9 Å². The van der Waals surface area contributed by atoms with Crippen molar-refractivity contribution in [3.63, 3.8) is 0 Å². The van der Waals surface area contributed by atoms with E-state index in [4.69, 9.17) is 4.74 Å². The van der Waals surface area contributed by atoms with Crippen molar-refractivity contribution in [1.82, 2.24) is 0 Å². The molecule has 1 aromatic heterocycles. The monoisotopic (exact) mass is 460 g/mol. The van der Waals surface area contributed by atoms with E-state index in [1.54, 1.807) is 6.92 Å². The van der Waals surface area contributed by atoms with E-state index in [-0.39, 0.29) is 11.9 Å². The van der Waals surface area contributed by atoms with Gasteiger partial charge in [-0.2, -0.15) is 0 Å². The highest BCUT2D eigenvalue weighted by Crippen LogP contribution is 2.39. The molecule has 5 rings (SSSR count). The average Bonchev–Trinajstić information content (AvgIpc) is 3.41. The number of ether oxygens (including phenoxy) is 1. The van der Waals surface area contributed by atoms with E-state index in [2.05, 4.69) is 34.5 Å². The molecular formula is C27H28N2O3S. The lowest BCUT2D eigenvalue weighted by atomic mass is 9.95. The molecule has 1 N–H and O–H groups in total. The SMILES string of the molecule is CCOC(=O)c1c(NC(=O)c2ccc(CN3CCc4ccccc43)cc2)sc2c1CCCC2. The van der Waals surface area contributed by atoms with Crippen LogP contribution >= 0.6 is 11.3 Å². The fraction of sp³-hybridized carbons (Fsp3) is 0.333. The van der Waals surface area contributed by atoms with E-state index in [1.165, 1.54) is 33.0 Å². The third-order valence-corrected chi connectivity index (χ3v) is 7.66. The van der Waals surface area contributed by atoms with Gasteiger partial charge in [0.05, 0.1) is 12.2 Å². The van der Waals surface area contributed by atoms with Gasteiger partial charge in [-0.1, -0.05) is 30.3 Å². The first-order valence-electron chi connectivity index (χ1n) is 11.7. The molecule has 0 spiro atoms. The minimum atomic E-state index is -0.339. The van der Waals surface area contributed by atoms with E-state index in [0.717, 1.165) is 50.8 Å². The maximum absolute atomic E-state index is 13.0. The number of esters is 1. The summed E-state index contributed by atoms with van der Waals surface area (Å²) in [6.45, 7) is 3.96. The Morgan fingerprint density at radius 1 is 1.03 bits per heavy atom. The zero-order chi connectivity index (χ0) is 22.8. The first-order chi connectivity index (χ1) is 16.1. The van der Waals surface area contributed by atoms with E-state index < -0.39 is 0 Å². The fourth-order valence-corrected chi connectivity index (χ4v) is 6.07. The van der Waals surface area contributed by atoms with Gasteiger partial charge in [-0.3, -0.25) is 4.79 Å². The third kappa shape index (κ3) is 4.40. The number of hydrogen-bond donors (Lipinski definition) is 1. The number of hydrogen-bond acceptors (Lipinski definition) is 5. The van der Waals surface area contributed by atoms with Gasteiger partial charge in [0.1, 0.15) is 5.00 Å². The lowest BCUT2D eigenvalue weighted by Crippen LogP contribution is -2.20. The Kier molecular flexibility index (Phi) is 6.18. The molecule has 5 nitrogen and oxygen atoms in total. The highest BCUT2D eigenvalue weighted by molar-refractivity contribution is 7.17. The summed E-state index contributed by atoms with van der Waals surface area (Å²) in [6.07, 6.45) is 5.07. The van der Waals surface area contributed by atoms with Crippen LogP contribution in [0.1, 0.15) is 62.0 Å². The van der Waals surface area contributed by atoms with E-state index in [1.807, 2.05) is 24.3 Å². The summed E-state index contributed by atoms with van der Waals surface area (Å²) in [7, 11) is 0. The molecule has 0 bridgehead atoms. The van der Waals surface area contributed by atoms with Gasteiger partial charge in [0.25, 0.3) is 5.91 Å². The molecule has 2 aliphatic rings. The number of aryl methyl sites for hydroxylation is 1. The summed E-state index contributed by atoms with van der Waals surface area (Å²) in [5.41, 5.74) is 6.05. The number of nitrogens with zero attached hydrogens (tertiary/aromatic N) is 1. The Morgan fingerprint density at radius 3 is 2.64 bits per heavy atom. The zero-order valence-corrected chi connectivity index (χ0v) is 19.7. The fourth-order valence-electron chi connectivity index (χ4n) is 4.80. The van der Waals surface area contributed by atoms with Crippen LogP contribution in [-0.2, 0) is 30.5 Å². The Morgan fingerprint density at radius 2 is 1.82 bits per heavy atom. The molecule has 1 amide bonds. The molecule has 0 radical (unpaired) electrons. The highest BCUT2D eigenvalue weighted by atomic mass is 32.1. The first-order valence-corrected chi connectivity index (χ1v) is 12.5. The van der Waals surface area contributed by atoms with E-state index >= 15 is 0 Å². The average molecular weight is 461 g/mol. The lowest BCUT2D eigenvalue weighted by molar-refractivity contribution is 0.0526. The predicted molar refractivity (Wildman–Crippen MR) is 133 cm³/mol. The molecule has 170 valence electrons. The number of benzene rings is 2. The minimum absolute atomic E-state index is 0.197. The highest BCUT2D eigenvalue weighted by Gasteiger charge is 2.27. The van der Waals surface area contributed by atoms with Crippen LogP contribution in [0, 0.1) is 0 Å². The number of carbonyl (C=O) groups excluding carboxylic acids is 2. The van der Waals surface area contributed by atoms with Gasteiger partial charge in [0.2, 0.25) is 0 Å². The molecule has 0 fully saturated rings. The Bertz CT molecular complexity index is 1180. The van der Waals surface area contributed by atoms with Crippen LogP contribution in [0.15, 0.2) is 48.5 Å². The second-order valence-electron chi connectivity index (χ2n) is 8.59. The van der Waals surface area contributed by atoms with Crippen molar-refractivity contribution in [2.45, 2.75) is 45.6 Å². The molecule has 33 heavy (non-hydrogen) atoms. The van der Waals surface area contributed by atoms with Crippen LogP contribution in [-0.4, -0.2) is 25.0 Å². The summed E-state index contributed by atoms with van der Waals surface area (Å²) >= 11 is 1.52. The van der Waals surface area contributed by atoms with Crippen LogP contribution in [0.25, 0.3) is 0 Å². The van der Waals surface area contributed by atoms with Crippen molar-refractivity contribution in [3.8, 4) is 0 Å². The van der Waals surface area contributed by atoms with Crippen LogP contribution in [0.4, 0.5) is 10.7 Å². The topological polar surface area (TPSA) is 58.6 Å². The normalized spacial score (nSPS) is 14.5. The van der Waals surface area contributed by atoms with Gasteiger partial charge in [-0.25, -0.2) is 4.79 Å². The van der Waals surface area contributed by atoms with Crippen molar-refractivity contribution in [3.05, 3.63) is 81.2 Å². The molecule has 6 heteroatoms. The van der Waals surface area contributed by atoms with Crippen molar-refractivity contribution >= 4 is 33.9 Å². The smallest absolute Gasteiger partial charge is 0.341 e. The van der Waals surface area contributed by atoms with Crippen molar-refractivity contribution in [1.29, 1.82) is 0 Å². The van der Waals surface area contributed by atoms with E-state index in [9.17, 15) is 9.59 Å². The Hall–Kier alpha value is -3.12. The molecule has 0 saturated carbocycles. The number of fused-ring (bicyclic) bond motifs is 2. The number of para-hydroxylation sites is 1. The molecule has 1 aliphatic carbocycles. The maximum atomic E-state index is 13.0. The molecule has 2 aromatic carbocycles. The minimum Gasteiger partial charge on any atom is -0.462 e. The number of rotatable bonds is 6. The van der Waals surface area contributed by atoms with Crippen LogP contribution in [0.3, 0.4) is 0 Å². The second-order valence-corrected chi connectivity index (χ2v) is 9.69.